The fourth-order valence-corrected chi connectivity index (χ4v) is 2.87. The van der Waals surface area contributed by atoms with Gasteiger partial charge in [-0.2, -0.15) is 5.26 Å². The van der Waals surface area contributed by atoms with E-state index in [9.17, 15) is 9.59 Å². The molecular formula is C18H18N4O2. The topological polar surface area (TPSA) is 80.2 Å². The second kappa shape index (κ2) is 7.01. The summed E-state index contributed by atoms with van der Waals surface area (Å²) in [6, 6.07) is 10.5. The maximum Gasteiger partial charge on any atom is 0.255 e. The summed E-state index contributed by atoms with van der Waals surface area (Å²) in [5, 5.41) is 8.96. The van der Waals surface area contributed by atoms with Gasteiger partial charge in [-0.25, -0.2) is 0 Å². The number of aromatic nitrogens is 1. The van der Waals surface area contributed by atoms with Gasteiger partial charge in [-0.3, -0.25) is 9.59 Å². The highest BCUT2D eigenvalue weighted by Gasteiger charge is 2.23. The average Bonchev–Trinajstić information content (AvgIpc) is 3.05. The van der Waals surface area contributed by atoms with Crippen LogP contribution in [0.1, 0.15) is 32.7 Å². The van der Waals surface area contributed by atoms with Crippen molar-refractivity contribution in [2.75, 3.05) is 26.2 Å². The molecule has 6 nitrogen and oxygen atoms in total. The molecule has 2 aromatic rings. The molecule has 1 fully saturated rings. The van der Waals surface area contributed by atoms with Crippen LogP contribution in [0.4, 0.5) is 0 Å². The van der Waals surface area contributed by atoms with Crippen molar-refractivity contribution in [2.45, 2.75) is 6.42 Å². The maximum absolute atomic E-state index is 12.6. The third-order valence-electron chi connectivity index (χ3n) is 4.15. The molecule has 1 aliphatic heterocycles. The minimum atomic E-state index is -0.0944. The van der Waals surface area contributed by atoms with Gasteiger partial charge in [-0.1, -0.05) is 6.07 Å². The summed E-state index contributed by atoms with van der Waals surface area (Å²) in [5.41, 5.74) is 1.62. The number of nitrogens with one attached hydrogen (secondary N) is 1. The van der Waals surface area contributed by atoms with E-state index in [2.05, 4.69) is 4.98 Å². The zero-order valence-electron chi connectivity index (χ0n) is 13.2. The summed E-state index contributed by atoms with van der Waals surface area (Å²) < 4.78 is 0. The largest absolute Gasteiger partial charge is 0.367 e. The molecule has 1 aromatic carbocycles. The molecule has 0 spiro atoms. The van der Waals surface area contributed by atoms with Gasteiger partial charge < -0.3 is 14.8 Å². The van der Waals surface area contributed by atoms with Crippen LogP contribution in [-0.2, 0) is 0 Å². The normalized spacial score (nSPS) is 14.8. The van der Waals surface area contributed by atoms with Crippen molar-refractivity contribution in [1.82, 2.24) is 14.8 Å². The van der Waals surface area contributed by atoms with Crippen LogP contribution in [-0.4, -0.2) is 52.8 Å². The Labute approximate surface area is 140 Å². The molecule has 6 heteroatoms. The van der Waals surface area contributed by atoms with E-state index in [1.807, 2.05) is 6.07 Å². The van der Waals surface area contributed by atoms with Gasteiger partial charge in [0.25, 0.3) is 11.8 Å². The lowest BCUT2D eigenvalue weighted by atomic mass is 10.1. The summed E-state index contributed by atoms with van der Waals surface area (Å²) in [5.74, 6) is -0.111. The fraction of sp³-hybridized carbons (Fsp3) is 0.278. The monoisotopic (exact) mass is 322 g/mol. The molecule has 1 aromatic heterocycles. The number of hydrogen-bond donors (Lipinski definition) is 1. The quantitative estimate of drug-likeness (QED) is 0.916. The molecule has 0 unspecified atom stereocenters. The Kier molecular flexibility index (Phi) is 4.62. The number of nitrogens with zero attached hydrogens (tertiary/aromatic N) is 3. The average molecular weight is 322 g/mol. The minimum Gasteiger partial charge on any atom is -0.367 e. The highest BCUT2D eigenvalue weighted by molar-refractivity contribution is 5.95. The SMILES string of the molecule is N#Cc1cccc(C(=O)N2CCCN(C(=O)c3cc[nH]c3)CC2)c1. The Bertz CT molecular complexity index is 777. The smallest absolute Gasteiger partial charge is 0.255 e. The van der Waals surface area contributed by atoms with Gasteiger partial charge >= 0.3 is 0 Å². The van der Waals surface area contributed by atoms with Crippen LogP contribution in [0.3, 0.4) is 0 Å². The zero-order valence-corrected chi connectivity index (χ0v) is 13.2. The molecule has 3 rings (SSSR count). The first-order valence-electron chi connectivity index (χ1n) is 7.90. The summed E-state index contributed by atoms with van der Waals surface area (Å²) in [6.45, 7) is 2.23. The molecule has 1 aliphatic rings. The first-order valence-corrected chi connectivity index (χ1v) is 7.90. The van der Waals surface area contributed by atoms with Crippen molar-refractivity contribution in [3.63, 3.8) is 0 Å². The second-order valence-corrected chi connectivity index (χ2v) is 5.73. The highest BCUT2D eigenvalue weighted by Crippen LogP contribution is 2.13. The van der Waals surface area contributed by atoms with Crippen molar-refractivity contribution in [1.29, 1.82) is 5.26 Å². The maximum atomic E-state index is 12.6. The van der Waals surface area contributed by atoms with Crippen LogP contribution < -0.4 is 0 Å². The summed E-state index contributed by atoms with van der Waals surface area (Å²) >= 11 is 0. The number of H-pyrrole nitrogens is 1. The second-order valence-electron chi connectivity index (χ2n) is 5.73. The van der Waals surface area contributed by atoms with Crippen LogP contribution in [0.25, 0.3) is 0 Å². The van der Waals surface area contributed by atoms with Crippen LogP contribution in [0.2, 0.25) is 0 Å². The van der Waals surface area contributed by atoms with Gasteiger partial charge in [-0.15, -0.1) is 0 Å². The van der Waals surface area contributed by atoms with Gasteiger partial charge in [0.05, 0.1) is 17.2 Å². The van der Waals surface area contributed by atoms with Crippen molar-refractivity contribution in [3.8, 4) is 6.07 Å². The number of amides is 2. The fourth-order valence-electron chi connectivity index (χ4n) is 2.87. The Morgan fingerprint density at radius 3 is 2.33 bits per heavy atom. The van der Waals surface area contributed by atoms with E-state index >= 15 is 0 Å². The molecule has 0 atom stereocenters. The Hall–Kier alpha value is -3.07. The van der Waals surface area contributed by atoms with Crippen LogP contribution in [0.5, 0.6) is 0 Å². The standard InChI is InChI=1S/C18H18N4O2/c19-12-14-3-1-4-15(11-14)17(23)21-7-2-8-22(10-9-21)18(24)16-5-6-20-13-16/h1,3-6,11,13,20H,2,7-10H2. The number of carbonyl (C=O) groups excluding carboxylic acids is 2. The molecule has 0 radical (unpaired) electrons. The molecule has 0 bridgehead atoms. The van der Waals surface area contributed by atoms with Crippen LogP contribution in [0.15, 0.2) is 42.7 Å². The highest BCUT2D eigenvalue weighted by atomic mass is 16.2. The molecule has 0 aliphatic carbocycles. The third-order valence-corrected chi connectivity index (χ3v) is 4.15. The molecule has 24 heavy (non-hydrogen) atoms. The predicted octanol–water partition coefficient (Wildman–Crippen LogP) is 1.87. The minimum absolute atomic E-state index is 0.0166. The van der Waals surface area contributed by atoms with Gasteiger partial charge in [0.1, 0.15) is 0 Å². The Morgan fingerprint density at radius 2 is 1.71 bits per heavy atom. The zero-order chi connectivity index (χ0) is 16.9. The van der Waals surface area contributed by atoms with Gasteiger partial charge in [-0.05, 0) is 30.7 Å². The van der Waals surface area contributed by atoms with E-state index in [-0.39, 0.29) is 11.8 Å². The number of aromatic amines is 1. The van der Waals surface area contributed by atoms with Crippen molar-refractivity contribution in [2.24, 2.45) is 0 Å². The van der Waals surface area contributed by atoms with Crippen molar-refractivity contribution in [3.05, 3.63) is 59.4 Å². The first-order chi connectivity index (χ1) is 11.7. The number of rotatable bonds is 2. The lowest BCUT2D eigenvalue weighted by Gasteiger charge is -2.22. The van der Waals surface area contributed by atoms with E-state index < -0.39 is 0 Å². The number of hydrogen-bond acceptors (Lipinski definition) is 3. The lowest BCUT2D eigenvalue weighted by Crippen LogP contribution is -2.37. The van der Waals surface area contributed by atoms with Crippen LogP contribution >= 0.6 is 0 Å². The summed E-state index contributed by atoms with van der Waals surface area (Å²) in [7, 11) is 0. The molecule has 122 valence electrons. The number of nitriles is 1. The van der Waals surface area contributed by atoms with E-state index in [0.717, 1.165) is 6.42 Å². The Morgan fingerprint density at radius 1 is 1.00 bits per heavy atom. The summed E-state index contributed by atoms with van der Waals surface area (Å²) in [6.07, 6.45) is 4.15. The van der Waals surface area contributed by atoms with Crippen molar-refractivity contribution < 1.29 is 9.59 Å². The first kappa shape index (κ1) is 15.8. The number of carbonyl (C=O) groups is 2. The van der Waals surface area contributed by atoms with Gasteiger partial charge in [0, 0.05) is 44.1 Å². The predicted molar refractivity (Wildman–Crippen MR) is 88.4 cm³/mol. The molecule has 2 amide bonds. The molecule has 1 N–H and O–H groups in total. The van der Waals surface area contributed by atoms with E-state index in [4.69, 9.17) is 5.26 Å². The number of benzene rings is 1. The molecule has 1 saturated heterocycles. The van der Waals surface area contributed by atoms with Crippen molar-refractivity contribution >= 4 is 11.8 Å². The van der Waals surface area contributed by atoms with E-state index in [0.29, 0.717) is 42.9 Å². The third kappa shape index (κ3) is 3.30. The van der Waals surface area contributed by atoms with Gasteiger partial charge in [0.2, 0.25) is 0 Å². The van der Waals surface area contributed by atoms with E-state index in [1.165, 1.54) is 0 Å². The Balaban J connectivity index is 1.68. The van der Waals surface area contributed by atoms with E-state index in [1.54, 1.807) is 52.5 Å². The molecular weight excluding hydrogens is 304 g/mol. The lowest BCUT2D eigenvalue weighted by molar-refractivity contribution is 0.0719. The molecule has 2 heterocycles. The summed E-state index contributed by atoms with van der Waals surface area (Å²) in [4.78, 5) is 31.5. The van der Waals surface area contributed by atoms with Crippen LogP contribution in [0, 0.1) is 11.3 Å². The van der Waals surface area contributed by atoms with Gasteiger partial charge in [0.15, 0.2) is 0 Å². The molecule has 0 saturated carbocycles.